The molecule has 0 saturated carbocycles. The third kappa shape index (κ3) is 5.36. The Hall–Kier alpha value is -3.48. The number of amides is 2. The van der Waals surface area contributed by atoms with E-state index in [4.69, 9.17) is 0 Å². The number of nitrogens with zero attached hydrogens (tertiary/aromatic N) is 4. The Morgan fingerprint density at radius 3 is 2.48 bits per heavy atom. The van der Waals surface area contributed by atoms with Crippen molar-refractivity contribution in [1.29, 1.82) is 0 Å². The van der Waals surface area contributed by atoms with E-state index < -0.39 is 0 Å². The van der Waals surface area contributed by atoms with E-state index in [0.717, 1.165) is 31.5 Å². The maximum Gasteiger partial charge on any atom is 0.272 e. The molecule has 3 heterocycles. The number of carbonyl (C=O) groups is 2. The van der Waals surface area contributed by atoms with Gasteiger partial charge >= 0.3 is 0 Å². The molecule has 31 heavy (non-hydrogen) atoms. The van der Waals surface area contributed by atoms with Crippen molar-refractivity contribution < 1.29 is 9.59 Å². The van der Waals surface area contributed by atoms with Gasteiger partial charge in [-0.3, -0.25) is 14.6 Å². The molecule has 0 aliphatic carbocycles. The van der Waals surface area contributed by atoms with E-state index >= 15 is 0 Å². The fraction of sp³-hybridized carbons (Fsp3) is 0.333. The summed E-state index contributed by atoms with van der Waals surface area (Å²) in [5.41, 5.74) is 1.72. The van der Waals surface area contributed by atoms with Crippen LogP contribution in [0.3, 0.4) is 0 Å². The van der Waals surface area contributed by atoms with Gasteiger partial charge in [-0.25, -0.2) is 4.68 Å². The fourth-order valence-corrected chi connectivity index (χ4v) is 3.97. The Kier molecular flexibility index (Phi) is 6.72. The predicted molar refractivity (Wildman–Crippen MR) is 119 cm³/mol. The van der Waals surface area contributed by atoms with Gasteiger partial charge in [-0.15, -0.1) is 0 Å². The largest absolute Gasteiger partial charge is 0.337 e. The van der Waals surface area contributed by atoms with Crippen LogP contribution in [0.5, 0.6) is 0 Å². The van der Waals surface area contributed by atoms with Crippen LogP contribution in [0, 0.1) is 0 Å². The van der Waals surface area contributed by atoms with Crippen molar-refractivity contribution in [2.24, 2.45) is 0 Å². The van der Waals surface area contributed by atoms with Gasteiger partial charge in [0.2, 0.25) is 5.91 Å². The summed E-state index contributed by atoms with van der Waals surface area (Å²) in [6, 6.07) is 17.6. The quantitative estimate of drug-likeness (QED) is 0.635. The second-order valence-corrected chi connectivity index (χ2v) is 7.79. The summed E-state index contributed by atoms with van der Waals surface area (Å²) in [5, 5.41) is 7.44. The van der Waals surface area contributed by atoms with Gasteiger partial charge in [-0.2, -0.15) is 5.10 Å². The summed E-state index contributed by atoms with van der Waals surface area (Å²) in [4.78, 5) is 31.0. The van der Waals surface area contributed by atoms with Crippen LogP contribution in [0.15, 0.2) is 67.0 Å². The van der Waals surface area contributed by atoms with E-state index in [1.807, 2.05) is 39.9 Å². The number of pyridine rings is 1. The molecule has 3 aromatic rings. The van der Waals surface area contributed by atoms with E-state index in [-0.39, 0.29) is 17.9 Å². The van der Waals surface area contributed by atoms with E-state index in [2.05, 4.69) is 27.5 Å². The van der Waals surface area contributed by atoms with E-state index in [0.29, 0.717) is 25.2 Å². The molecule has 4 rings (SSSR count). The lowest BCUT2D eigenvalue weighted by atomic mass is 10.0. The first kappa shape index (κ1) is 20.8. The number of carbonyl (C=O) groups excluding carboxylic acids is 2. The molecule has 1 aliphatic heterocycles. The Bertz CT molecular complexity index is 995. The maximum atomic E-state index is 12.6. The van der Waals surface area contributed by atoms with Gasteiger partial charge in [-0.05, 0) is 43.4 Å². The number of benzene rings is 1. The third-order valence-electron chi connectivity index (χ3n) is 5.63. The number of aryl methyl sites for hydroxylation is 1. The first-order chi connectivity index (χ1) is 15.2. The Labute approximate surface area is 182 Å². The van der Waals surface area contributed by atoms with Crippen LogP contribution < -0.4 is 5.32 Å². The summed E-state index contributed by atoms with van der Waals surface area (Å²) in [6.07, 6.45) is 7.09. The lowest BCUT2D eigenvalue weighted by molar-refractivity contribution is -0.116. The highest BCUT2D eigenvalue weighted by Gasteiger charge is 2.26. The minimum Gasteiger partial charge on any atom is -0.337 e. The van der Waals surface area contributed by atoms with Crippen LogP contribution in [-0.4, -0.2) is 44.6 Å². The molecule has 2 aromatic heterocycles. The monoisotopic (exact) mass is 417 g/mol. The van der Waals surface area contributed by atoms with Crippen molar-refractivity contribution in [2.45, 2.75) is 38.1 Å². The molecule has 160 valence electrons. The first-order valence-electron chi connectivity index (χ1n) is 10.8. The average Bonchev–Trinajstić information content (AvgIpc) is 3.28. The summed E-state index contributed by atoms with van der Waals surface area (Å²) in [6.45, 7) is 1.29. The summed E-state index contributed by atoms with van der Waals surface area (Å²) in [7, 11) is 0. The molecular weight excluding hydrogens is 390 g/mol. The standard InChI is InChI=1S/C24H27N5O2/c30-23(11-6-9-19-7-2-1-3-8-19)27-22-12-16-26-29(22)20-13-17-28(18-14-20)24(31)21-10-4-5-15-25-21/h1-5,7-8,10,12,15-16,20H,6,9,11,13-14,17-18H2,(H,27,30). The van der Waals surface area contributed by atoms with Gasteiger partial charge < -0.3 is 10.2 Å². The van der Waals surface area contributed by atoms with Crippen LogP contribution in [0.25, 0.3) is 0 Å². The number of likely N-dealkylation sites (tertiary alicyclic amines) is 1. The van der Waals surface area contributed by atoms with Crippen LogP contribution in [0.2, 0.25) is 0 Å². The number of aromatic nitrogens is 3. The number of nitrogens with one attached hydrogen (secondary N) is 1. The van der Waals surface area contributed by atoms with Gasteiger partial charge in [0.25, 0.3) is 5.91 Å². The van der Waals surface area contributed by atoms with Crippen LogP contribution in [0.4, 0.5) is 5.82 Å². The van der Waals surface area contributed by atoms with E-state index in [1.54, 1.807) is 24.5 Å². The molecule has 1 fully saturated rings. The molecule has 7 nitrogen and oxygen atoms in total. The topological polar surface area (TPSA) is 80.1 Å². The van der Waals surface area contributed by atoms with Crippen molar-refractivity contribution in [1.82, 2.24) is 19.7 Å². The smallest absolute Gasteiger partial charge is 0.272 e. The molecule has 7 heteroatoms. The molecule has 1 aromatic carbocycles. The lowest BCUT2D eigenvalue weighted by Crippen LogP contribution is -2.39. The van der Waals surface area contributed by atoms with Crippen molar-refractivity contribution in [3.05, 3.63) is 78.2 Å². The van der Waals surface area contributed by atoms with Gasteiger partial charge in [-0.1, -0.05) is 36.4 Å². The maximum absolute atomic E-state index is 12.6. The van der Waals surface area contributed by atoms with Crippen LogP contribution in [-0.2, 0) is 11.2 Å². The second kappa shape index (κ2) is 10.0. The summed E-state index contributed by atoms with van der Waals surface area (Å²) < 4.78 is 1.89. The van der Waals surface area contributed by atoms with Gasteiger partial charge in [0.05, 0.1) is 12.2 Å². The van der Waals surface area contributed by atoms with Crippen LogP contribution in [0.1, 0.15) is 47.8 Å². The Morgan fingerprint density at radius 2 is 1.74 bits per heavy atom. The zero-order valence-electron chi connectivity index (χ0n) is 17.5. The number of rotatable bonds is 7. The van der Waals surface area contributed by atoms with Gasteiger partial charge in [0.1, 0.15) is 11.5 Å². The molecule has 0 unspecified atom stereocenters. The molecule has 1 N–H and O–H groups in total. The molecule has 0 bridgehead atoms. The predicted octanol–water partition coefficient (Wildman–Crippen LogP) is 3.72. The van der Waals surface area contributed by atoms with Crippen molar-refractivity contribution >= 4 is 17.6 Å². The second-order valence-electron chi connectivity index (χ2n) is 7.79. The van der Waals surface area contributed by atoms with E-state index in [9.17, 15) is 9.59 Å². The van der Waals surface area contributed by atoms with Crippen molar-refractivity contribution in [3.8, 4) is 0 Å². The Balaban J connectivity index is 1.27. The normalized spacial score (nSPS) is 14.4. The molecular formula is C24H27N5O2. The third-order valence-corrected chi connectivity index (χ3v) is 5.63. The summed E-state index contributed by atoms with van der Waals surface area (Å²) in [5.74, 6) is 0.686. The van der Waals surface area contributed by atoms with Crippen molar-refractivity contribution in [3.63, 3.8) is 0 Å². The molecule has 1 saturated heterocycles. The van der Waals surface area contributed by atoms with Crippen LogP contribution >= 0.6 is 0 Å². The van der Waals surface area contributed by atoms with Crippen molar-refractivity contribution in [2.75, 3.05) is 18.4 Å². The van der Waals surface area contributed by atoms with Gasteiger partial charge in [0.15, 0.2) is 0 Å². The molecule has 1 aliphatic rings. The SMILES string of the molecule is O=C(CCCc1ccccc1)Nc1ccnn1C1CCN(C(=O)c2ccccn2)CC1. The minimum atomic E-state index is -0.0357. The highest BCUT2D eigenvalue weighted by atomic mass is 16.2. The molecule has 0 radical (unpaired) electrons. The molecule has 2 amide bonds. The zero-order valence-corrected chi connectivity index (χ0v) is 17.5. The number of anilines is 1. The lowest BCUT2D eigenvalue weighted by Gasteiger charge is -2.32. The zero-order chi connectivity index (χ0) is 21.5. The Morgan fingerprint density at radius 1 is 0.968 bits per heavy atom. The van der Waals surface area contributed by atoms with Gasteiger partial charge in [0, 0.05) is 31.8 Å². The fourth-order valence-electron chi connectivity index (χ4n) is 3.97. The number of hydrogen-bond acceptors (Lipinski definition) is 4. The molecule has 0 atom stereocenters. The first-order valence-corrected chi connectivity index (χ1v) is 10.8. The number of hydrogen-bond donors (Lipinski definition) is 1. The summed E-state index contributed by atoms with van der Waals surface area (Å²) >= 11 is 0. The molecule has 0 spiro atoms. The highest BCUT2D eigenvalue weighted by molar-refractivity contribution is 5.92. The number of piperidine rings is 1. The highest BCUT2D eigenvalue weighted by Crippen LogP contribution is 2.26. The minimum absolute atomic E-state index is 0.000414. The average molecular weight is 418 g/mol. The van der Waals surface area contributed by atoms with E-state index in [1.165, 1.54) is 5.56 Å².